The second-order valence-corrected chi connectivity index (χ2v) is 8.96. The molecular formula is C29H33ClN2O2. The lowest BCUT2D eigenvalue weighted by atomic mass is 9.95. The van der Waals surface area contributed by atoms with Gasteiger partial charge in [0.25, 0.3) is 0 Å². The zero-order valence-electron chi connectivity index (χ0n) is 19.4. The Morgan fingerprint density at radius 3 is 2.32 bits per heavy atom. The Labute approximate surface area is 208 Å². The first kappa shape index (κ1) is 24.3. The number of benzene rings is 3. The first-order valence-corrected chi connectivity index (χ1v) is 12.1. The zero-order valence-corrected chi connectivity index (χ0v) is 20.2. The van der Waals surface area contributed by atoms with Crippen LogP contribution < -0.4 is 10.1 Å². The van der Waals surface area contributed by atoms with E-state index in [1.54, 1.807) is 0 Å². The van der Waals surface area contributed by atoms with Gasteiger partial charge in [0.05, 0.1) is 11.2 Å². The normalized spacial score (nSPS) is 15.1. The Morgan fingerprint density at radius 2 is 1.59 bits per heavy atom. The summed E-state index contributed by atoms with van der Waals surface area (Å²) in [7, 11) is 0. The van der Waals surface area contributed by atoms with E-state index in [9.17, 15) is 5.11 Å². The molecule has 1 heterocycles. The molecule has 2 N–H and O–H groups in total. The van der Waals surface area contributed by atoms with Gasteiger partial charge in [-0.25, -0.2) is 0 Å². The molecule has 1 fully saturated rings. The molecular weight excluding hydrogens is 444 g/mol. The summed E-state index contributed by atoms with van der Waals surface area (Å²) in [5.41, 5.74) is 4.47. The molecule has 0 radical (unpaired) electrons. The number of aliphatic hydroxyl groups excluding tert-OH is 1. The van der Waals surface area contributed by atoms with Crippen LogP contribution in [0.15, 0.2) is 84.9 Å². The number of para-hydroxylation sites is 1. The van der Waals surface area contributed by atoms with Crippen molar-refractivity contribution in [3.63, 3.8) is 0 Å². The van der Waals surface area contributed by atoms with E-state index in [4.69, 9.17) is 4.74 Å². The van der Waals surface area contributed by atoms with E-state index in [1.807, 2.05) is 24.3 Å². The summed E-state index contributed by atoms with van der Waals surface area (Å²) in [6.07, 6.45) is 5.79. The molecule has 5 heteroatoms. The van der Waals surface area contributed by atoms with Gasteiger partial charge in [-0.3, -0.25) is 0 Å². The molecule has 1 aliphatic carbocycles. The fraction of sp³-hybridized carbons (Fsp3) is 0.310. The molecule has 5 rings (SSSR count). The first-order valence-electron chi connectivity index (χ1n) is 12.1. The van der Waals surface area contributed by atoms with Crippen LogP contribution in [-0.4, -0.2) is 35.0 Å². The molecule has 1 saturated carbocycles. The van der Waals surface area contributed by atoms with Crippen molar-refractivity contribution in [3.05, 3.63) is 84.9 Å². The molecule has 0 amide bonds. The molecule has 4 nitrogen and oxygen atoms in total. The minimum Gasteiger partial charge on any atom is -0.490 e. The highest BCUT2D eigenvalue weighted by Gasteiger charge is 2.17. The van der Waals surface area contributed by atoms with Crippen LogP contribution in [0, 0.1) is 0 Å². The van der Waals surface area contributed by atoms with Gasteiger partial charge in [0.15, 0.2) is 0 Å². The Kier molecular flexibility index (Phi) is 8.28. The number of halogens is 1. The van der Waals surface area contributed by atoms with Crippen LogP contribution in [0.1, 0.15) is 32.1 Å². The van der Waals surface area contributed by atoms with Crippen molar-refractivity contribution < 1.29 is 9.84 Å². The number of hydrogen-bond donors (Lipinski definition) is 2. The van der Waals surface area contributed by atoms with Gasteiger partial charge in [0, 0.05) is 23.7 Å². The van der Waals surface area contributed by atoms with Crippen LogP contribution in [0.2, 0.25) is 0 Å². The highest BCUT2D eigenvalue weighted by atomic mass is 35.5. The van der Waals surface area contributed by atoms with Gasteiger partial charge >= 0.3 is 0 Å². The average molecular weight is 477 g/mol. The third kappa shape index (κ3) is 5.47. The SMILES string of the molecule is Cl.OC(CNC1CCCCC1)COc1cccc2c1cc(-c1ccccc1)n2-c1ccccc1. The molecule has 1 unspecified atom stereocenters. The van der Waals surface area contributed by atoms with Crippen molar-refractivity contribution >= 4 is 23.3 Å². The third-order valence-corrected chi connectivity index (χ3v) is 6.57. The molecule has 4 aromatic rings. The number of nitrogens with one attached hydrogen (secondary N) is 1. The lowest BCUT2D eigenvalue weighted by Gasteiger charge is -2.24. The summed E-state index contributed by atoms with van der Waals surface area (Å²) in [5.74, 6) is 0.802. The maximum Gasteiger partial charge on any atom is 0.128 e. The van der Waals surface area contributed by atoms with Crippen LogP contribution in [0.3, 0.4) is 0 Å². The molecule has 0 bridgehead atoms. The highest BCUT2D eigenvalue weighted by molar-refractivity contribution is 5.93. The van der Waals surface area contributed by atoms with Crippen LogP contribution >= 0.6 is 12.4 Å². The third-order valence-electron chi connectivity index (χ3n) is 6.57. The van der Waals surface area contributed by atoms with Crippen molar-refractivity contribution in [3.8, 4) is 22.7 Å². The van der Waals surface area contributed by atoms with E-state index in [0.29, 0.717) is 12.6 Å². The van der Waals surface area contributed by atoms with E-state index in [-0.39, 0.29) is 19.0 Å². The molecule has 0 spiro atoms. The number of nitrogens with zero attached hydrogens (tertiary/aromatic N) is 1. The molecule has 3 aromatic carbocycles. The van der Waals surface area contributed by atoms with Crippen LogP contribution in [0.25, 0.3) is 27.8 Å². The van der Waals surface area contributed by atoms with E-state index >= 15 is 0 Å². The Hall–Kier alpha value is -2.79. The van der Waals surface area contributed by atoms with E-state index < -0.39 is 6.10 Å². The predicted octanol–water partition coefficient (Wildman–Crippen LogP) is 6.38. The van der Waals surface area contributed by atoms with Gasteiger partial charge in [-0.05, 0) is 48.7 Å². The van der Waals surface area contributed by atoms with Crippen molar-refractivity contribution in [2.45, 2.75) is 44.2 Å². The largest absolute Gasteiger partial charge is 0.490 e. The van der Waals surface area contributed by atoms with E-state index in [0.717, 1.165) is 33.6 Å². The smallest absolute Gasteiger partial charge is 0.128 e. The van der Waals surface area contributed by atoms with Crippen molar-refractivity contribution in [1.29, 1.82) is 0 Å². The quantitative estimate of drug-likeness (QED) is 0.310. The second kappa shape index (κ2) is 11.6. The average Bonchev–Trinajstić information content (AvgIpc) is 3.28. The number of hydrogen-bond acceptors (Lipinski definition) is 3. The minimum atomic E-state index is -0.535. The molecule has 1 aromatic heterocycles. The van der Waals surface area contributed by atoms with Gasteiger partial charge in [0.2, 0.25) is 0 Å². The fourth-order valence-corrected chi connectivity index (χ4v) is 4.86. The fourth-order valence-electron chi connectivity index (χ4n) is 4.86. The highest BCUT2D eigenvalue weighted by Crippen LogP contribution is 2.36. The molecule has 0 saturated heterocycles. The minimum absolute atomic E-state index is 0. The number of ether oxygens (including phenoxy) is 1. The topological polar surface area (TPSA) is 46.4 Å². The summed E-state index contributed by atoms with van der Waals surface area (Å²) in [6, 6.07) is 29.7. The number of rotatable bonds is 8. The Bertz CT molecular complexity index is 1170. The Morgan fingerprint density at radius 1 is 0.882 bits per heavy atom. The lowest BCUT2D eigenvalue weighted by molar-refractivity contribution is 0.102. The van der Waals surface area contributed by atoms with Gasteiger partial charge in [-0.2, -0.15) is 0 Å². The number of aromatic nitrogens is 1. The van der Waals surface area contributed by atoms with Crippen molar-refractivity contribution in [2.24, 2.45) is 0 Å². The first-order chi connectivity index (χ1) is 16.3. The summed E-state index contributed by atoms with van der Waals surface area (Å²) < 4.78 is 8.43. The summed E-state index contributed by atoms with van der Waals surface area (Å²) in [4.78, 5) is 0. The number of aliphatic hydroxyl groups is 1. The summed E-state index contributed by atoms with van der Waals surface area (Å²) >= 11 is 0. The molecule has 1 atom stereocenters. The zero-order chi connectivity index (χ0) is 22.5. The van der Waals surface area contributed by atoms with Gasteiger partial charge in [0.1, 0.15) is 18.5 Å². The maximum atomic E-state index is 10.5. The second-order valence-electron chi connectivity index (χ2n) is 8.96. The van der Waals surface area contributed by atoms with Crippen LogP contribution in [-0.2, 0) is 0 Å². The standard InChI is InChI=1S/C29H32N2O2.ClH/c32-25(20-30-23-13-6-2-7-14-23)21-33-29-18-10-17-27-26(29)19-28(22-11-4-1-5-12-22)31(27)24-15-8-3-9-16-24;/h1,3-5,8-12,15-19,23,25,30,32H,2,6-7,13-14,20-21H2;1H. The van der Waals surface area contributed by atoms with E-state index in [2.05, 4.69) is 70.5 Å². The van der Waals surface area contributed by atoms with Crippen molar-refractivity contribution in [2.75, 3.05) is 13.2 Å². The van der Waals surface area contributed by atoms with Gasteiger partial charge < -0.3 is 19.7 Å². The predicted molar refractivity (Wildman–Crippen MR) is 142 cm³/mol. The molecule has 0 aliphatic heterocycles. The van der Waals surface area contributed by atoms with Crippen LogP contribution in [0.5, 0.6) is 5.75 Å². The summed E-state index contributed by atoms with van der Waals surface area (Å²) in [5, 5.41) is 15.1. The number of fused-ring (bicyclic) bond motifs is 1. The molecule has 34 heavy (non-hydrogen) atoms. The van der Waals surface area contributed by atoms with Gasteiger partial charge in [-0.1, -0.05) is 73.9 Å². The maximum absolute atomic E-state index is 10.5. The molecule has 1 aliphatic rings. The van der Waals surface area contributed by atoms with Gasteiger partial charge in [-0.15, -0.1) is 12.4 Å². The lowest BCUT2D eigenvalue weighted by Crippen LogP contribution is -2.38. The van der Waals surface area contributed by atoms with Crippen molar-refractivity contribution in [1.82, 2.24) is 9.88 Å². The van der Waals surface area contributed by atoms with Crippen LogP contribution in [0.4, 0.5) is 0 Å². The Balaban J connectivity index is 0.00000274. The summed E-state index contributed by atoms with van der Waals surface area (Å²) in [6.45, 7) is 0.844. The van der Waals surface area contributed by atoms with E-state index in [1.165, 1.54) is 32.1 Å². The molecule has 178 valence electrons. The monoisotopic (exact) mass is 476 g/mol.